The molecule has 0 aromatic heterocycles. The number of halogens is 1. The van der Waals surface area contributed by atoms with Crippen LogP contribution in [0.3, 0.4) is 0 Å². The molecule has 0 saturated carbocycles. The van der Waals surface area contributed by atoms with Crippen molar-refractivity contribution in [2.45, 2.75) is 19.8 Å². The van der Waals surface area contributed by atoms with Crippen molar-refractivity contribution in [3.63, 3.8) is 0 Å². The zero-order valence-electron chi connectivity index (χ0n) is 11.1. The number of aryl methyl sites for hydroxylation is 1. The van der Waals surface area contributed by atoms with Gasteiger partial charge in [-0.2, -0.15) is 0 Å². The van der Waals surface area contributed by atoms with Crippen molar-refractivity contribution in [3.8, 4) is 0 Å². The Hall–Kier alpha value is -1.19. The van der Waals surface area contributed by atoms with E-state index in [1.807, 2.05) is 19.1 Å². The number of hydrogen-bond donors (Lipinski definition) is 1. The second-order valence-electron chi connectivity index (χ2n) is 5.23. The van der Waals surface area contributed by atoms with E-state index in [-0.39, 0.29) is 0 Å². The average molecular weight is 276 g/mol. The largest absolute Gasteiger partial charge is 0.317 e. The smallest absolute Gasteiger partial charge is 0.154 e. The van der Waals surface area contributed by atoms with Crippen LogP contribution in [0.25, 0.3) is 0 Å². The Bertz CT molecular complexity index is 542. The third kappa shape index (κ3) is 2.72. The monoisotopic (exact) mass is 275 g/mol. The molecule has 100 valence electrons. The van der Waals surface area contributed by atoms with Gasteiger partial charge in [0.05, 0.1) is 6.54 Å². The minimum Gasteiger partial charge on any atom is -0.317 e. The molecule has 1 fully saturated rings. The van der Waals surface area contributed by atoms with Crippen LogP contribution in [-0.2, 0) is 0 Å². The predicted molar refractivity (Wildman–Crippen MR) is 80.6 cm³/mol. The lowest BCUT2D eigenvalue weighted by atomic mass is 9.93. The third-order valence-electron chi connectivity index (χ3n) is 3.87. The topological polar surface area (TPSA) is 36.8 Å². The van der Waals surface area contributed by atoms with Gasteiger partial charge >= 0.3 is 0 Å². The molecule has 0 spiro atoms. The highest BCUT2D eigenvalue weighted by Crippen LogP contribution is 2.21. The molecule has 19 heavy (non-hydrogen) atoms. The molecule has 4 heteroatoms. The molecule has 0 unspecified atom stereocenters. The molecule has 0 aliphatic carbocycles. The molecule has 1 saturated heterocycles. The van der Waals surface area contributed by atoms with E-state index in [2.05, 4.69) is 16.4 Å². The molecular formula is C15H18ClN3. The summed E-state index contributed by atoms with van der Waals surface area (Å²) in [6, 6.07) is 5.99. The fourth-order valence-corrected chi connectivity index (χ4v) is 2.80. The Morgan fingerprint density at radius 2 is 2.05 bits per heavy atom. The first-order valence-corrected chi connectivity index (χ1v) is 7.21. The highest BCUT2D eigenvalue weighted by molar-refractivity contribution is 6.31. The van der Waals surface area contributed by atoms with Gasteiger partial charge < -0.3 is 5.32 Å². The molecule has 1 aromatic carbocycles. The summed E-state index contributed by atoms with van der Waals surface area (Å²) in [4.78, 5) is 9.33. The van der Waals surface area contributed by atoms with E-state index in [9.17, 15) is 0 Å². The molecule has 2 aliphatic heterocycles. The fraction of sp³-hybridized carbons (Fsp3) is 0.467. The lowest BCUT2D eigenvalue weighted by Gasteiger charge is -2.22. The summed E-state index contributed by atoms with van der Waals surface area (Å²) in [5.74, 6) is 1.48. The quantitative estimate of drug-likeness (QED) is 0.885. The lowest BCUT2D eigenvalue weighted by molar-refractivity contribution is 0.455. The van der Waals surface area contributed by atoms with Gasteiger partial charge in [0.2, 0.25) is 0 Å². The molecule has 1 N–H and O–H groups in total. The van der Waals surface area contributed by atoms with Crippen LogP contribution in [0.15, 0.2) is 28.2 Å². The molecule has 0 amide bonds. The minimum absolute atomic E-state index is 0.607. The first-order chi connectivity index (χ1) is 9.24. The summed E-state index contributed by atoms with van der Waals surface area (Å²) in [6.07, 6.45) is 2.36. The van der Waals surface area contributed by atoms with E-state index in [1.165, 1.54) is 18.6 Å². The van der Waals surface area contributed by atoms with Crippen LogP contribution in [0.4, 0.5) is 0 Å². The number of rotatable bonds is 2. The normalized spacial score (nSPS) is 20.3. The van der Waals surface area contributed by atoms with E-state index in [1.54, 1.807) is 0 Å². The Labute approximate surface area is 118 Å². The highest BCUT2D eigenvalue weighted by Gasteiger charge is 2.22. The maximum absolute atomic E-state index is 6.06. The molecule has 0 atom stereocenters. The van der Waals surface area contributed by atoms with Crippen LogP contribution in [0.5, 0.6) is 0 Å². The van der Waals surface area contributed by atoms with E-state index in [0.29, 0.717) is 5.92 Å². The van der Waals surface area contributed by atoms with E-state index in [4.69, 9.17) is 16.6 Å². The molecule has 2 aliphatic rings. The van der Waals surface area contributed by atoms with Gasteiger partial charge in [0, 0.05) is 22.2 Å². The van der Waals surface area contributed by atoms with Gasteiger partial charge in [-0.25, -0.2) is 4.99 Å². The number of benzene rings is 1. The lowest BCUT2D eigenvalue weighted by Crippen LogP contribution is -2.32. The Kier molecular flexibility index (Phi) is 3.67. The summed E-state index contributed by atoms with van der Waals surface area (Å²) in [5, 5.41) is 4.18. The summed E-state index contributed by atoms with van der Waals surface area (Å²) < 4.78 is 0. The van der Waals surface area contributed by atoms with Gasteiger partial charge in [-0.1, -0.05) is 11.6 Å². The summed E-state index contributed by atoms with van der Waals surface area (Å²) >= 11 is 6.06. The number of piperidine rings is 1. The summed E-state index contributed by atoms with van der Waals surface area (Å²) in [7, 11) is 0. The van der Waals surface area contributed by atoms with Crippen molar-refractivity contribution in [1.29, 1.82) is 0 Å². The van der Waals surface area contributed by atoms with Gasteiger partial charge in [-0.15, -0.1) is 0 Å². The van der Waals surface area contributed by atoms with Gasteiger partial charge in [0.25, 0.3) is 0 Å². The van der Waals surface area contributed by atoms with Crippen molar-refractivity contribution in [1.82, 2.24) is 5.32 Å². The van der Waals surface area contributed by atoms with Crippen LogP contribution in [0.1, 0.15) is 24.0 Å². The second-order valence-corrected chi connectivity index (χ2v) is 5.64. The van der Waals surface area contributed by atoms with E-state index >= 15 is 0 Å². The van der Waals surface area contributed by atoms with Crippen molar-refractivity contribution in [2.75, 3.05) is 19.6 Å². The van der Waals surface area contributed by atoms with Gasteiger partial charge in [0.15, 0.2) is 5.84 Å². The third-order valence-corrected chi connectivity index (χ3v) is 4.29. The van der Waals surface area contributed by atoms with Crippen molar-refractivity contribution in [3.05, 3.63) is 34.3 Å². The molecule has 0 radical (unpaired) electrons. The zero-order chi connectivity index (χ0) is 13.2. The Morgan fingerprint density at radius 1 is 1.26 bits per heavy atom. The number of nitrogens with zero attached hydrogens (tertiary/aromatic N) is 2. The van der Waals surface area contributed by atoms with Gasteiger partial charge in [-0.3, -0.25) is 4.99 Å². The van der Waals surface area contributed by atoms with Crippen molar-refractivity contribution < 1.29 is 0 Å². The molecule has 1 aromatic rings. The first kappa shape index (κ1) is 12.8. The molecule has 3 rings (SSSR count). The van der Waals surface area contributed by atoms with E-state index < -0.39 is 0 Å². The second kappa shape index (κ2) is 5.43. The van der Waals surface area contributed by atoms with Crippen molar-refractivity contribution >= 4 is 23.1 Å². The molecule has 2 heterocycles. The first-order valence-electron chi connectivity index (χ1n) is 6.83. The van der Waals surface area contributed by atoms with Crippen LogP contribution in [0, 0.1) is 12.8 Å². The standard InChI is InChI=1S/C15H18ClN3/c1-10-8-12(2-3-13(10)16)15-18-9-14(19-15)11-4-6-17-7-5-11/h2-3,8,11,17H,4-7,9H2,1H3. The van der Waals surface area contributed by atoms with Gasteiger partial charge in [-0.05, 0) is 56.6 Å². The van der Waals surface area contributed by atoms with Gasteiger partial charge in [0.1, 0.15) is 0 Å². The Balaban J connectivity index is 1.79. The number of nitrogens with one attached hydrogen (secondary N) is 1. The maximum atomic E-state index is 6.06. The zero-order valence-corrected chi connectivity index (χ0v) is 11.9. The minimum atomic E-state index is 0.607. The predicted octanol–water partition coefficient (Wildman–Crippen LogP) is 2.85. The average Bonchev–Trinajstić information content (AvgIpc) is 2.93. The Morgan fingerprint density at radius 3 is 2.79 bits per heavy atom. The van der Waals surface area contributed by atoms with Crippen molar-refractivity contribution in [2.24, 2.45) is 15.9 Å². The number of aliphatic imine (C=N–C) groups is 2. The summed E-state index contributed by atoms with van der Waals surface area (Å²) in [6.45, 7) is 4.97. The molecule has 0 bridgehead atoms. The molecule has 3 nitrogen and oxygen atoms in total. The van der Waals surface area contributed by atoms with E-state index in [0.717, 1.165) is 41.6 Å². The summed E-state index contributed by atoms with van der Waals surface area (Å²) in [5.41, 5.74) is 3.40. The van der Waals surface area contributed by atoms with Crippen LogP contribution < -0.4 is 5.32 Å². The van der Waals surface area contributed by atoms with Crippen LogP contribution in [0.2, 0.25) is 5.02 Å². The SMILES string of the molecule is Cc1cc(C2=NCC(C3CCNCC3)=N2)ccc1Cl. The number of amidine groups is 1. The fourth-order valence-electron chi connectivity index (χ4n) is 2.68. The van der Waals surface area contributed by atoms with Crippen LogP contribution >= 0.6 is 11.6 Å². The number of hydrogen-bond acceptors (Lipinski definition) is 3. The van der Waals surface area contributed by atoms with Crippen LogP contribution in [-0.4, -0.2) is 31.2 Å². The molecular weight excluding hydrogens is 258 g/mol. The highest BCUT2D eigenvalue weighted by atomic mass is 35.5. The maximum Gasteiger partial charge on any atom is 0.154 e.